The number of esters is 1. The first kappa shape index (κ1) is 28.2. The smallest absolute Gasteiger partial charge is 0.308 e. The van der Waals surface area contributed by atoms with Gasteiger partial charge in [-0.3, -0.25) is 14.4 Å². The number of β-lactam (4-membered cyclic amide) rings is 1. The molecule has 1 aliphatic rings. The molecule has 2 aromatic carbocycles. The van der Waals surface area contributed by atoms with Crippen LogP contribution in [0.25, 0.3) is 0 Å². The first-order chi connectivity index (χ1) is 17.2. The van der Waals surface area contributed by atoms with Crippen molar-refractivity contribution in [3.05, 3.63) is 35.9 Å². The summed E-state index contributed by atoms with van der Waals surface area (Å²) in [6, 6.07) is 8.73. The summed E-state index contributed by atoms with van der Waals surface area (Å²) < 4.78 is 35.7. The van der Waals surface area contributed by atoms with Gasteiger partial charge in [0.1, 0.15) is 0 Å². The summed E-state index contributed by atoms with van der Waals surface area (Å²) in [6.07, 6.45) is 0. The fourth-order valence-corrected chi connectivity index (χ4v) is 3.55. The lowest BCUT2D eigenvalue weighted by Gasteiger charge is -2.46. The number of anilines is 1. The molecule has 1 saturated heterocycles. The Hall–Kier alpha value is -3.99. The van der Waals surface area contributed by atoms with Crippen molar-refractivity contribution in [2.24, 2.45) is 0 Å². The van der Waals surface area contributed by atoms with Gasteiger partial charge in [-0.05, 0) is 24.6 Å². The molecular weight excluding hydrogens is 474 g/mol. The molecule has 196 valence electrons. The van der Waals surface area contributed by atoms with Gasteiger partial charge in [-0.1, -0.05) is 6.07 Å². The van der Waals surface area contributed by atoms with Crippen molar-refractivity contribution in [3.63, 3.8) is 0 Å². The van der Waals surface area contributed by atoms with Gasteiger partial charge in [-0.2, -0.15) is 0 Å². The largest absolute Gasteiger partial charge is 0.493 e. The number of hydrogen-bond acceptors (Lipinski definition) is 10. The van der Waals surface area contributed by atoms with E-state index in [2.05, 4.69) is 0 Å². The molecule has 1 amide bonds. The van der Waals surface area contributed by atoms with Crippen LogP contribution in [0.1, 0.15) is 12.5 Å². The Morgan fingerprint density at radius 1 is 0.944 bits per heavy atom. The zero-order chi connectivity index (χ0) is 26.9. The van der Waals surface area contributed by atoms with Gasteiger partial charge in [0, 0.05) is 26.2 Å². The minimum Gasteiger partial charge on any atom is -0.493 e. The zero-order valence-corrected chi connectivity index (χ0v) is 21.4. The lowest BCUT2D eigenvalue weighted by Crippen LogP contribution is -2.70. The van der Waals surface area contributed by atoms with Gasteiger partial charge in [0.15, 0.2) is 23.0 Å². The van der Waals surface area contributed by atoms with Crippen molar-refractivity contribution < 1.29 is 47.5 Å². The number of benzene rings is 2. The van der Waals surface area contributed by atoms with E-state index in [4.69, 9.17) is 33.2 Å². The Labute approximate surface area is 209 Å². The summed E-state index contributed by atoms with van der Waals surface area (Å²) in [5.41, 5.74) is 0.291. The third-order valence-electron chi connectivity index (χ3n) is 5.23. The molecule has 11 heteroatoms. The Bertz CT molecular complexity index is 1060. The van der Waals surface area contributed by atoms with Crippen molar-refractivity contribution >= 4 is 24.0 Å². The van der Waals surface area contributed by atoms with Gasteiger partial charge in [0.25, 0.3) is 12.4 Å². The fourth-order valence-electron chi connectivity index (χ4n) is 3.55. The minimum atomic E-state index is -1.28. The van der Waals surface area contributed by atoms with Gasteiger partial charge in [0.2, 0.25) is 11.4 Å². The van der Waals surface area contributed by atoms with E-state index in [-0.39, 0.29) is 31.5 Å². The number of methoxy groups -OCH3 is 5. The summed E-state index contributed by atoms with van der Waals surface area (Å²) >= 11 is 0. The van der Waals surface area contributed by atoms with E-state index in [1.54, 1.807) is 24.3 Å². The van der Waals surface area contributed by atoms with Gasteiger partial charge >= 0.3 is 5.97 Å². The highest BCUT2D eigenvalue weighted by molar-refractivity contribution is 6.07. The van der Waals surface area contributed by atoms with Crippen LogP contribution in [0.3, 0.4) is 0 Å². The lowest BCUT2D eigenvalue weighted by molar-refractivity contribution is -0.170. The van der Waals surface area contributed by atoms with Crippen molar-refractivity contribution in [1.82, 2.24) is 0 Å². The summed E-state index contributed by atoms with van der Waals surface area (Å²) in [4.78, 5) is 35.3. The summed E-state index contributed by atoms with van der Waals surface area (Å²) in [5, 5.41) is 0. The van der Waals surface area contributed by atoms with Crippen LogP contribution in [0, 0.1) is 6.92 Å². The molecule has 0 saturated carbocycles. The van der Waals surface area contributed by atoms with E-state index in [1.807, 2.05) is 13.0 Å². The molecule has 1 atom stereocenters. The average molecular weight is 506 g/mol. The van der Waals surface area contributed by atoms with E-state index in [9.17, 15) is 14.4 Å². The second kappa shape index (κ2) is 12.6. The molecule has 0 spiro atoms. The van der Waals surface area contributed by atoms with Crippen molar-refractivity contribution in [2.45, 2.75) is 19.4 Å². The molecule has 0 bridgehead atoms. The third-order valence-corrected chi connectivity index (χ3v) is 5.23. The van der Waals surface area contributed by atoms with Crippen LogP contribution in [0.15, 0.2) is 30.3 Å². The molecule has 0 unspecified atom stereocenters. The number of carbonyl (C=O) groups excluding carboxylic acids is 3. The Kier molecular flexibility index (Phi) is 9.92. The maximum Gasteiger partial charge on any atom is 0.308 e. The summed E-state index contributed by atoms with van der Waals surface area (Å²) in [6.45, 7) is 3.71. The predicted molar refractivity (Wildman–Crippen MR) is 129 cm³/mol. The standard InChI is InChI=1S/C15H19NO7.C10H12O3/c1-19-8-15(23-9-17)7-16(14(15)18)10-5-11(20-2)13(22-4)12(6-10)21-3;1-7-4-5-9(12-3)10(6-7)13-8(2)11/h5-6,9H,7-8H2,1-4H3;4-6H,1-3H3/t15-;/m1./s1. The van der Waals surface area contributed by atoms with Crippen LogP contribution in [0.2, 0.25) is 0 Å². The Balaban J connectivity index is 0.000000297. The second-order valence-corrected chi connectivity index (χ2v) is 7.66. The number of rotatable bonds is 10. The molecule has 0 N–H and O–H groups in total. The number of carbonyl (C=O) groups is 3. The number of nitrogens with zero attached hydrogens (tertiary/aromatic N) is 1. The van der Waals surface area contributed by atoms with E-state index < -0.39 is 5.60 Å². The van der Waals surface area contributed by atoms with Gasteiger partial charge < -0.3 is 38.1 Å². The van der Waals surface area contributed by atoms with Crippen LogP contribution >= 0.6 is 0 Å². The van der Waals surface area contributed by atoms with Crippen molar-refractivity contribution in [1.29, 1.82) is 0 Å². The third kappa shape index (κ3) is 6.16. The number of ether oxygens (including phenoxy) is 7. The minimum absolute atomic E-state index is 0.00843. The van der Waals surface area contributed by atoms with E-state index in [0.29, 0.717) is 34.4 Å². The van der Waals surface area contributed by atoms with Crippen LogP contribution < -0.4 is 28.6 Å². The van der Waals surface area contributed by atoms with Gasteiger partial charge in [0.05, 0.1) is 47.3 Å². The van der Waals surface area contributed by atoms with E-state index in [1.165, 1.54) is 47.4 Å². The number of amides is 1. The van der Waals surface area contributed by atoms with Crippen molar-refractivity contribution in [2.75, 3.05) is 53.6 Å². The molecule has 11 nitrogen and oxygen atoms in total. The molecule has 36 heavy (non-hydrogen) atoms. The molecule has 1 aliphatic heterocycles. The maximum atomic E-state index is 12.5. The number of aryl methyl sites for hydroxylation is 1. The van der Waals surface area contributed by atoms with Crippen LogP contribution in [0.5, 0.6) is 28.7 Å². The first-order valence-electron chi connectivity index (χ1n) is 10.8. The van der Waals surface area contributed by atoms with E-state index in [0.717, 1.165) is 5.56 Å². The SMILES string of the molecule is COC[C@]1(OC=O)CN(c2cc(OC)c(OC)c(OC)c2)C1=O.COc1ccc(C)cc1OC(C)=O. The molecule has 0 radical (unpaired) electrons. The van der Waals surface area contributed by atoms with Crippen LogP contribution in [-0.4, -0.2) is 72.7 Å². The topological polar surface area (TPSA) is 119 Å². The Morgan fingerprint density at radius 3 is 2.00 bits per heavy atom. The molecule has 0 aromatic heterocycles. The van der Waals surface area contributed by atoms with E-state index >= 15 is 0 Å². The lowest BCUT2D eigenvalue weighted by atomic mass is 9.92. The predicted octanol–water partition coefficient (Wildman–Crippen LogP) is 2.55. The highest BCUT2D eigenvalue weighted by atomic mass is 16.6. The molecular formula is C25H31NO10. The van der Waals surface area contributed by atoms with Crippen LogP contribution in [0.4, 0.5) is 5.69 Å². The summed E-state index contributed by atoms with van der Waals surface area (Å²) in [7, 11) is 7.45. The molecule has 1 heterocycles. The normalized spacial score (nSPS) is 16.1. The number of hydrogen-bond donors (Lipinski definition) is 0. The maximum absolute atomic E-state index is 12.5. The highest BCUT2D eigenvalue weighted by Gasteiger charge is 2.55. The second-order valence-electron chi connectivity index (χ2n) is 7.66. The Morgan fingerprint density at radius 2 is 1.56 bits per heavy atom. The van der Waals surface area contributed by atoms with Gasteiger partial charge in [-0.25, -0.2) is 0 Å². The zero-order valence-electron chi connectivity index (χ0n) is 21.4. The monoisotopic (exact) mass is 505 g/mol. The highest BCUT2D eigenvalue weighted by Crippen LogP contribution is 2.43. The molecule has 0 aliphatic carbocycles. The molecule has 1 fully saturated rings. The molecule has 2 aromatic rings. The molecule has 3 rings (SSSR count). The quantitative estimate of drug-likeness (QED) is 0.206. The van der Waals surface area contributed by atoms with Crippen molar-refractivity contribution in [3.8, 4) is 28.7 Å². The fraction of sp³-hybridized carbons (Fsp3) is 0.400. The van der Waals surface area contributed by atoms with Gasteiger partial charge in [-0.15, -0.1) is 0 Å². The first-order valence-corrected chi connectivity index (χ1v) is 10.8. The van der Waals surface area contributed by atoms with Crippen LogP contribution in [-0.2, 0) is 23.9 Å². The average Bonchev–Trinajstić information content (AvgIpc) is 2.86. The summed E-state index contributed by atoms with van der Waals surface area (Å²) in [5.74, 6) is 1.60.